The Bertz CT molecular complexity index is 711. The molecule has 2 aromatic rings. The van der Waals surface area contributed by atoms with Crippen LogP contribution in [-0.2, 0) is 17.6 Å². The van der Waals surface area contributed by atoms with E-state index >= 15 is 0 Å². The van der Waals surface area contributed by atoms with Gasteiger partial charge < -0.3 is 4.90 Å². The molecule has 0 fully saturated rings. The summed E-state index contributed by atoms with van der Waals surface area (Å²) in [5.74, 6) is -0.540. The molecular weight excluding hydrogens is 313 g/mol. The lowest BCUT2D eigenvalue weighted by Crippen LogP contribution is -2.34. The molecular formula is C19H19ClFNO. The van der Waals surface area contributed by atoms with Crippen molar-refractivity contribution >= 4 is 17.5 Å². The molecule has 2 aromatic carbocycles. The largest absolute Gasteiger partial charge is 0.338 e. The van der Waals surface area contributed by atoms with Crippen LogP contribution in [0, 0.1) is 5.82 Å². The molecule has 0 N–H and O–H groups in total. The molecule has 1 atom stereocenters. The van der Waals surface area contributed by atoms with Crippen LogP contribution in [0.4, 0.5) is 4.39 Å². The van der Waals surface area contributed by atoms with Crippen LogP contribution in [0.3, 0.4) is 0 Å². The molecule has 0 saturated heterocycles. The van der Waals surface area contributed by atoms with Crippen LogP contribution in [0.1, 0.15) is 35.6 Å². The van der Waals surface area contributed by atoms with Gasteiger partial charge in [-0.3, -0.25) is 4.79 Å². The van der Waals surface area contributed by atoms with Crippen LogP contribution in [0.5, 0.6) is 0 Å². The highest BCUT2D eigenvalue weighted by molar-refractivity contribution is 6.31. The SMILES string of the molecule is CN(C(=O)Cc1c(F)cccc1Cl)[C@H]1CCCc2ccccc21. The summed E-state index contributed by atoms with van der Waals surface area (Å²) in [4.78, 5) is 14.4. The predicted molar refractivity (Wildman–Crippen MR) is 90.0 cm³/mol. The fraction of sp³-hybridized carbons (Fsp3) is 0.316. The molecule has 0 saturated carbocycles. The van der Waals surface area contributed by atoms with Crippen LogP contribution < -0.4 is 0 Å². The van der Waals surface area contributed by atoms with E-state index in [-0.39, 0.29) is 23.9 Å². The van der Waals surface area contributed by atoms with Crippen LogP contribution >= 0.6 is 11.6 Å². The number of carbonyl (C=O) groups is 1. The standard InChI is InChI=1S/C19H19ClFNO/c1-22(18-11-4-7-13-6-2-3-8-14(13)18)19(23)12-15-16(20)9-5-10-17(15)21/h2-3,5-6,8-10,18H,4,7,11-12H2,1H3/t18-/m0/s1. The van der Waals surface area contributed by atoms with Crippen LogP contribution in [0.2, 0.25) is 5.02 Å². The van der Waals surface area contributed by atoms with E-state index in [1.807, 2.05) is 12.1 Å². The molecule has 0 unspecified atom stereocenters. The summed E-state index contributed by atoms with van der Waals surface area (Å²) in [6, 6.07) is 12.8. The number of carbonyl (C=O) groups excluding carboxylic acids is 1. The normalized spacial score (nSPS) is 16.7. The highest BCUT2D eigenvalue weighted by Crippen LogP contribution is 2.34. The van der Waals surface area contributed by atoms with E-state index in [4.69, 9.17) is 11.6 Å². The quantitative estimate of drug-likeness (QED) is 0.807. The van der Waals surface area contributed by atoms with Gasteiger partial charge >= 0.3 is 0 Å². The first kappa shape index (κ1) is 16.0. The third-order valence-electron chi connectivity index (χ3n) is 4.59. The summed E-state index contributed by atoms with van der Waals surface area (Å²) in [6.45, 7) is 0. The van der Waals surface area contributed by atoms with Crippen LogP contribution in [-0.4, -0.2) is 17.9 Å². The molecule has 2 nitrogen and oxygen atoms in total. The summed E-state index contributed by atoms with van der Waals surface area (Å²) in [6.07, 6.45) is 3.03. The Morgan fingerprint density at radius 3 is 2.83 bits per heavy atom. The van der Waals surface area contributed by atoms with E-state index in [0.717, 1.165) is 19.3 Å². The van der Waals surface area contributed by atoms with Gasteiger partial charge in [0.25, 0.3) is 0 Å². The number of rotatable bonds is 3. The highest BCUT2D eigenvalue weighted by Gasteiger charge is 2.27. The molecule has 120 valence electrons. The zero-order valence-electron chi connectivity index (χ0n) is 13.1. The number of aryl methyl sites for hydroxylation is 1. The monoisotopic (exact) mass is 331 g/mol. The summed E-state index contributed by atoms with van der Waals surface area (Å²) in [5, 5.41) is 0.302. The van der Waals surface area contributed by atoms with E-state index in [2.05, 4.69) is 12.1 Å². The molecule has 0 heterocycles. The van der Waals surface area contributed by atoms with Gasteiger partial charge in [0, 0.05) is 17.6 Å². The molecule has 3 rings (SSSR count). The lowest BCUT2D eigenvalue weighted by molar-refractivity contribution is -0.131. The molecule has 0 spiro atoms. The molecule has 0 aliphatic heterocycles. The maximum atomic E-state index is 13.9. The summed E-state index contributed by atoms with van der Waals surface area (Å²) >= 11 is 6.03. The second kappa shape index (κ2) is 6.71. The van der Waals surface area contributed by atoms with Crippen molar-refractivity contribution in [1.29, 1.82) is 0 Å². The van der Waals surface area contributed by atoms with Crippen molar-refractivity contribution < 1.29 is 9.18 Å². The molecule has 0 radical (unpaired) electrons. The van der Waals surface area contributed by atoms with Gasteiger partial charge in [-0.05, 0) is 42.5 Å². The predicted octanol–water partition coefficient (Wildman–Crippen LogP) is 4.56. The smallest absolute Gasteiger partial charge is 0.227 e. The Hall–Kier alpha value is -1.87. The maximum Gasteiger partial charge on any atom is 0.227 e. The van der Waals surface area contributed by atoms with Crippen molar-refractivity contribution in [3.05, 3.63) is 70.0 Å². The Morgan fingerprint density at radius 1 is 1.26 bits per heavy atom. The van der Waals surface area contributed by atoms with Crippen molar-refractivity contribution in [1.82, 2.24) is 4.90 Å². The molecule has 1 amide bonds. The summed E-state index contributed by atoms with van der Waals surface area (Å²) in [7, 11) is 1.80. The molecule has 0 bridgehead atoms. The average Bonchev–Trinajstić information content (AvgIpc) is 2.57. The lowest BCUT2D eigenvalue weighted by atomic mass is 9.87. The summed E-state index contributed by atoms with van der Waals surface area (Å²) < 4.78 is 13.9. The Kier molecular flexibility index (Phi) is 4.67. The Labute approximate surface area is 140 Å². The number of hydrogen-bond donors (Lipinski definition) is 0. The second-order valence-corrected chi connectivity index (χ2v) is 6.40. The highest BCUT2D eigenvalue weighted by atomic mass is 35.5. The third-order valence-corrected chi connectivity index (χ3v) is 4.94. The number of halogens is 2. The molecule has 1 aliphatic rings. The first-order valence-electron chi connectivity index (χ1n) is 7.84. The van der Waals surface area contributed by atoms with Gasteiger partial charge in [-0.2, -0.15) is 0 Å². The minimum absolute atomic E-state index is 0.0132. The van der Waals surface area contributed by atoms with Crippen LogP contribution in [0.25, 0.3) is 0 Å². The number of likely N-dealkylation sites (N-methyl/N-ethyl adjacent to an activating group) is 1. The number of nitrogens with zero attached hydrogens (tertiary/aromatic N) is 1. The van der Waals surface area contributed by atoms with E-state index in [0.29, 0.717) is 5.02 Å². The summed E-state index contributed by atoms with van der Waals surface area (Å²) in [5.41, 5.74) is 2.77. The average molecular weight is 332 g/mol. The number of benzene rings is 2. The Balaban J connectivity index is 1.81. The van der Waals surface area contributed by atoms with Crippen molar-refractivity contribution in [2.75, 3.05) is 7.05 Å². The van der Waals surface area contributed by atoms with Gasteiger partial charge in [0.1, 0.15) is 5.82 Å². The topological polar surface area (TPSA) is 20.3 Å². The van der Waals surface area contributed by atoms with Gasteiger partial charge in [-0.25, -0.2) is 4.39 Å². The lowest BCUT2D eigenvalue weighted by Gasteiger charge is -2.33. The molecule has 1 aliphatic carbocycles. The number of hydrogen-bond acceptors (Lipinski definition) is 1. The molecule has 4 heteroatoms. The van der Waals surface area contributed by atoms with E-state index in [1.54, 1.807) is 24.1 Å². The van der Waals surface area contributed by atoms with Crippen molar-refractivity contribution in [2.45, 2.75) is 31.7 Å². The van der Waals surface area contributed by atoms with Crippen molar-refractivity contribution in [2.24, 2.45) is 0 Å². The zero-order valence-corrected chi connectivity index (χ0v) is 13.8. The van der Waals surface area contributed by atoms with E-state index < -0.39 is 5.82 Å². The molecule has 23 heavy (non-hydrogen) atoms. The van der Waals surface area contributed by atoms with Crippen molar-refractivity contribution in [3.63, 3.8) is 0 Å². The minimum Gasteiger partial charge on any atom is -0.338 e. The number of fused-ring (bicyclic) bond motifs is 1. The first-order valence-corrected chi connectivity index (χ1v) is 8.22. The van der Waals surface area contributed by atoms with E-state index in [9.17, 15) is 9.18 Å². The Morgan fingerprint density at radius 2 is 2.04 bits per heavy atom. The molecule has 0 aromatic heterocycles. The fourth-order valence-electron chi connectivity index (χ4n) is 3.28. The van der Waals surface area contributed by atoms with Crippen LogP contribution in [0.15, 0.2) is 42.5 Å². The maximum absolute atomic E-state index is 13.9. The third kappa shape index (κ3) is 3.25. The minimum atomic E-state index is -0.428. The van der Waals surface area contributed by atoms with Gasteiger partial charge in [-0.15, -0.1) is 0 Å². The first-order chi connectivity index (χ1) is 11.1. The van der Waals surface area contributed by atoms with Gasteiger partial charge in [0.2, 0.25) is 5.91 Å². The zero-order chi connectivity index (χ0) is 16.4. The second-order valence-electron chi connectivity index (χ2n) is 5.99. The van der Waals surface area contributed by atoms with Gasteiger partial charge in [0.15, 0.2) is 0 Å². The van der Waals surface area contributed by atoms with E-state index in [1.165, 1.54) is 17.2 Å². The fourth-order valence-corrected chi connectivity index (χ4v) is 3.51. The van der Waals surface area contributed by atoms with Gasteiger partial charge in [-0.1, -0.05) is 41.9 Å². The van der Waals surface area contributed by atoms with Gasteiger partial charge in [0.05, 0.1) is 12.5 Å². The number of amides is 1. The van der Waals surface area contributed by atoms with Crippen molar-refractivity contribution in [3.8, 4) is 0 Å².